The molecule has 0 saturated carbocycles. The molecule has 0 aromatic heterocycles. The van der Waals surface area contributed by atoms with Gasteiger partial charge in [-0.15, -0.1) is 0 Å². The van der Waals surface area contributed by atoms with Crippen molar-refractivity contribution >= 4 is 30.6 Å². The van der Waals surface area contributed by atoms with E-state index in [-0.39, 0.29) is 11.6 Å². The van der Waals surface area contributed by atoms with Gasteiger partial charge in [0.15, 0.2) is 11.6 Å². The van der Waals surface area contributed by atoms with Crippen LogP contribution in [-0.4, -0.2) is 18.1 Å². The second kappa shape index (κ2) is 5.92. The molecule has 0 N–H and O–H groups in total. The van der Waals surface area contributed by atoms with Gasteiger partial charge >= 0.3 is 0 Å². The molecule has 1 radical (unpaired) electrons. The highest BCUT2D eigenvalue weighted by atomic mass is 32.1. The standard InChI is InChI=1S/C14H22BO2S/c1-9(2)11(16)13(5,6)8-14(7,15-18)12(17)10(3)4/h18H,1,3,8H2,2,4-7H3. The van der Waals surface area contributed by atoms with Crippen molar-refractivity contribution < 1.29 is 9.59 Å². The molecule has 1 unspecified atom stereocenters. The number of allylic oxidation sites excluding steroid dienone is 2. The number of Topliss-reactive ketones (excluding diaryl/α,β-unsaturated/α-hetero) is 2. The SMILES string of the molecule is C=C(C)C(=O)C(C)(C)CC(C)([B]S)C(=O)C(=C)C. The summed E-state index contributed by atoms with van der Waals surface area (Å²) in [5, 5.41) is -0.788. The molecule has 4 heteroatoms. The van der Waals surface area contributed by atoms with Gasteiger partial charge in [0.25, 0.3) is 0 Å². The fraction of sp³-hybridized carbons (Fsp3) is 0.571. The molecule has 1 atom stereocenters. The number of ketones is 2. The van der Waals surface area contributed by atoms with Gasteiger partial charge in [0.05, 0.1) is 0 Å². The molecule has 0 aromatic carbocycles. The van der Waals surface area contributed by atoms with Crippen LogP contribution in [0.4, 0.5) is 0 Å². The zero-order chi connectivity index (χ0) is 14.7. The lowest BCUT2D eigenvalue weighted by atomic mass is 9.57. The molecular formula is C14H22BO2S. The van der Waals surface area contributed by atoms with Crippen LogP contribution >= 0.6 is 12.5 Å². The van der Waals surface area contributed by atoms with Crippen LogP contribution in [0.15, 0.2) is 24.3 Å². The topological polar surface area (TPSA) is 34.1 Å². The second-order valence-electron chi connectivity index (χ2n) is 5.83. The molecule has 0 amide bonds. The maximum absolute atomic E-state index is 12.2. The molecule has 0 saturated heterocycles. The summed E-state index contributed by atoms with van der Waals surface area (Å²) in [4.78, 5) is 24.2. The van der Waals surface area contributed by atoms with Crippen LogP contribution in [0.1, 0.15) is 41.0 Å². The van der Waals surface area contributed by atoms with E-state index < -0.39 is 10.7 Å². The van der Waals surface area contributed by atoms with Crippen LogP contribution < -0.4 is 0 Å². The average molecular weight is 265 g/mol. The first-order chi connectivity index (χ1) is 7.98. The largest absolute Gasteiger partial charge is 0.295 e. The van der Waals surface area contributed by atoms with Gasteiger partial charge in [-0.05, 0) is 31.4 Å². The Morgan fingerprint density at radius 3 is 1.72 bits per heavy atom. The molecule has 0 rings (SSSR count). The minimum Gasteiger partial charge on any atom is -0.295 e. The van der Waals surface area contributed by atoms with Crippen LogP contribution in [0.2, 0.25) is 5.31 Å². The lowest BCUT2D eigenvalue weighted by Crippen LogP contribution is -2.35. The minimum atomic E-state index is -0.788. The number of carbonyl (C=O) groups is 2. The molecule has 0 aliphatic heterocycles. The highest BCUT2D eigenvalue weighted by Gasteiger charge is 2.41. The van der Waals surface area contributed by atoms with Gasteiger partial charge in [-0.1, -0.05) is 33.9 Å². The summed E-state index contributed by atoms with van der Waals surface area (Å²) in [5.74, 6) is -0.112. The molecule has 0 bridgehead atoms. The number of thiol groups is 1. The van der Waals surface area contributed by atoms with Gasteiger partial charge in [0, 0.05) is 10.7 Å². The molecular weight excluding hydrogens is 243 g/mol. The molecule has 0 aliphatic rings. The van der Waals surface area contributed by atoms with Crippen LogP contribution in [0, 0.1) is 5.41 Å². The Kier molecular flexibility index (Phi) is 5.67. The van der Waals surface area contributed by atoms with Crippen molar-refractivity contribution in [2.45, 2.75) is 46.4 Å². The molecule has 18 heavy (non-hydrogen) atoms. The Balaban J connectivity index is 5.26. The monoisotopic (exact) mass is 265 g/mol. The predicted molar refractivity (Wildman–Crippen MR) is 81.1 cm³/mol. The Hall–Kier alpha value is -0.765. The van der Waals surface area contributed by atoms with Gasteiger partial charge in [0.2, 0.25) is 6.56 Å². The van der Waals surface area contributed by atoms with Gasteiger partial charge in [0.1, 0.15) is 0 Å². The van der Waals surface area contributed by atoms with Crippen LogP contribution in [0.25, 0.3) is 0 Å². The summed E-state index contributed by atoms with van der Waals surface area (Å²) in [6, 6.07) is 0. The third-order valence-electron chi connectivity index (χ3n) is 3.00. The fourth-order valence-corrected chi connectivity index (χ4v) is 2.46. The van der Waals surface area contributed by atoms with Gasteiger partial charge in [-0.3, -0.25) is 9.59 Å². The third kappa shape index (κ3) is 3.87. The van der Waals surface area contributed by atoms with Crippen molar-refractivity contribution in [1.29, 1.82) is 0 Å². The van der Waals surface area contributed by atoms with Gasteiger partial charge in [-0.25, -0.2) is 12.5 Å². The predicted octanol–water partition coefficient (Wildman–Crippen LogP) is 3.42. The van der Waals surface area contributed by atoms with Crippen LogP contribution in [-0.2, 0) is 9.59 Å². The van der Waals surface area contributed by atoms with E-state index in [0.29, 0.717) is 17.6 Å². The lowest BCUT2D eigenvalue weighted by molar-refractivity contribution is -0.125. The zero-order valence-electron chi connectivity index (χ0n) is 12.0. The van der Waals surface area contributed by atoms with Crippen molar-refractivity contribution in [1.82, 2.24) is 0 Å². The fourth-order valence-electron chi connectivity index (χ4n) is 2.25. The van der Waals surface area contributed by atoms with E-state index in [2.05, 4.69) is 25.6 Å². The average Bonchev–Trinajstić information content (AvgIpc) is 2.25. The maximum atomic E-state index is 12.2. The van der Waals surface area contributed by atoms with E-state index in [1.54, 1.807) is 27.3 Å². The van der Waals surface area contributed by atoms with E-state index in [1.165, 1.54) is 0 Å². The van der Waals surface area contributed by atoms with E-state index >= 15 is 0 Å². The van der Waals surface area contributed by atoms with Crippen molar-refractivity contribution in [3.63, 3.8) is 0 Å². The minimum absolute atomic E-state index is 0.0292. The lowest BCUT2D eigenvalue weighted by Gasteiger charge is -2.34. The number of rotatable bonds is 7. The Labute approximate surface area is 116 Å². The molecule has 99 valence electrons. The van der Waals surface area contributed by atoms with E-state index in [9.17, 15) is 9.59 Å². The Morgan fingerprint density at radius 2 is 1.44 bits per heavy atom. The molecule has 0 fully saturated rings. The third-order valence-corrected chi connectivity index (χ3v) is 3.57. The first-order valence-electron chi connectivity index (χ1n) is 5.87. The highest BCUT2D eigenvalue weighted by molar-refractivity contribution is 8.07. The molecule has 0 aliphatic carbocycles. The molecule has 0 spiro atoms. The first-order valence-corrected chi connectivity index (χ1v) is 6.39. The van der Waals surface area contributed by atoms with E-state index in [4.69, 9.17) is 0 Å². The number of hydrogen-bond donors (Lipinski definition) is 1. The Bertz CT molecular complexity index is 399. The van der Waals surface area contributed by atoms with Gasteiger partial charge in [-0.2, -0.15) is 0 Å². The second-order valence-corrected chi connectivity index (χ2v) is 6.08. The summed E-state index contributed by atoms with van der Waals surface area (Å²) in [5.41, 5.74) is 0.330. The van der Waals surface area contributed by atoms with Crippen molar-refractivity contribution in [3.8, 4) is 0 Å². The molecule has 0 aromatic rings. The van der Waals surface area contributed by atoms with Crippen molar-refractivity contribution in [3.05, 3.63) is 24.3 Å². The zero-order valence-corrected chi connectivity index (χ0v) is 12.9. The summed E-state index contributed by atoms with van der Waals surface area (Å²) >= 11 is 4.15. The van der Waals surface area contributed by atoms with Crippen molar-refractivity contribution in [2.24, 2.45) is 5.41 Å². The van der Waals surface area contributed by atoms with E-state index in [1.807, 2.05) is 13.8 Å². The van der Waals surface area contributed by atoms with Crippen molar-refractivity contribution in [2.75, 3.05) is 0 Å². The molecule has 2 nitrogen and oxygen atoms in total. The normalized spacial score (nSPS) is 14.6. The number of carbonyl (C=O) groups excluding carboxylic acids is 2. The first kappa shape index (κ1) is 17.2. The number of hydrogen-bond acceptors (Lipinski definition) is 3. The van der Waals surface area contributed by atoms with Crippen LogP contribution in [0.5, 0.6) is 0 Å². The smallest absolute Gasteiger partial charge is 0.202 e. The highest BCUT2D eigenvalue weighted by Crippen LogP contribution is 2.43. The quantitative estimate of drug-likeness (QED) is 0.435. The summed E-state index contributed by atoms with van der Waals surface area (Å²) < 4.78 is 0. The van der Waals surface area contributed by atoms with Gasteiger partial charge < -0.3 is 0 Å². The Morgan fingerprint density at radius 1 is 1.06 bits per heavy atom. The summed E-state index contributed by atoms with van der Waals surface area (Å²) in [7, 11) is 0. The maximum Gasteiger partial charge on any atom is 0.202 e. The van der Waals surface area contributed by atoms with Crippen LogP contribution in [0.3, 0.4) is 0 Å². The summed E-state index contributed by atoms with van der Waals surface area (Å²) in [6.45, 7) is 17.7. The molecule has 0 heterocycles. The summed E-state index contributed by atoms with van der Waals surface area (Å²) in [6.07, 6.45) is 0.390. The van der Waals surface area contributed by atoms with E-state index in [0.717, 1.165) is 0 Å².